The molecule has 1 heterocycles. The molecule has 7 heteroatoms. The van der Waals surface area contributed by atoms with Crippen molar-refractivity contribution in [3.63, 3.8) is 0 Å². The van der Waals surface area contributed by atoms with Crippen LogP contribution in [-0.4, -0.2) is 27.0 Å². The van der Waals surface area contributed by atoms with Crippen LogP contribution in [0.1, 0.15) is 12.0 Å². The lowest BCUT2D eigenvalue weighted by atomic mass is 10.2. The zero-order valence-corrected chi connectivity index (χ0v) is 15.4. The first-order valence-electron chi connectivity index (χ1n) is 8.63. The quantitative estimate of drug-likeness (QED) is 0.634. The summed E-state index contributed by atoms with van der Waals surface area (Å²) in [4.78, 5) is 18.3. The Kier molecular flexibility index (Phi) is 6.44. The number of anilines is 1. The highest BCUT2D eigenvalue weighted by Crippen LogP contribution is 2.21. The molecule has 1 N–H and O–H groups in total. The van der Waals surface area contributed by atoms with Crippen LogP contribution in [0.4, 0.5) is 14.9 Å². The maximum Gasteiger partial charge on any atom is 0.322 e. The molecule has 0 fully saturated rings. The summed E-state index contributed by atoms with van der Waals surface area (Å²) in [6.45, 7) is 1.25. The van der Waals surface area contributed by atoms with Gasteiger partial charge in [0.25, 0.3) is 0 Å². The summed E-state index contributed by atoms with van der Waals surface area (Å²) < 4.78 is 16.1. The van der Waals surface area contributed by atoms with Gasteiger partial charge in [-0.15, -0.1) is 0 Å². The summed E-state index contributed by atoms with van der Waals surface area (Å²) in [5, 5.41) is 3.15. The number of hydrogen-bond acceptors (Lipinski definition) is 2. The fraction of sp³-hybridized carbons (Fsp3) is 0.200. The lowest BCUT2D eigenvalue weighted by Gasteiger charge is -2.24. The molecule has 0 unspecified atom stereocenters. The van der Waals surface area contributed by atoms with E-state index in [-0.39, 0.29) is 12.6 Å². The van der Waals surface area contributed by atoms with E-state index in [1.807, 2.05) is 29.0 Å². The highest BCUT2D eigenvalue weighted by Gasteiger charge is 2.18. The number of hydrogen-bond donors (Lipinski definition) is 1. The fourth-order valence-electron chi connectivity index (χ4n) is 2.71. The summed E-state index contributed by atoms with van der Waals surface area (Å²) in [6.07, 6.45) is 5.99. The van der Waals surface area contributed by atoms with Crippen LogP contribution >= 0.6 is 11.6 Å². The molecule has 0 saturated carbocycles. The first kappa shape index (κ1) is 18.9. The second-order valence-electron chi connectivity index (χ2n) is 6.07. The molecule has 0 bridgehead atoms. The number of imidazole rings is 1. The molecule has 0 saturated heterocycles. The van der Waals surface area contributed by atoms with Crippen LogP contribution in [0.25, 0.3) is 0 Å². The molecule has 0 aliphatic heterocycles. The molecule has 2 aromatic carbocycles. The van der Waals surface area contributed by atoms with E-state index < -0.39 is 5.82 Å². The van der Waals surface area contributed by atoms with Gasteiger partial charge in [-0.1, -0.05) is 35.9 Å². The van der Waals surface area contributed by atoms with Crippen LogP contribution in [0.3, 0.4) is 0 Å². The monoisotopic (exact) mass is 386 g/mol. The first-order chi connectivity index (χ1) is 13.1. The number of urea groups is 1. The van der Waals surface area contributed by atoms with Crippen molar-refractivity contribution in [2.45, 2.75) is 19.5 Å². The molecule has 0 atom stereocenters. The van der Waals surface area contributed by atoms with Crippen molar-refractivity contribution in [3.8, 4) is 0 Å². The van der Waals surface area contributed by atoms with Gasteiger partial charge in [-0.2, -0.15) is 0 Å². The predicted octanol–water partition coefficient (Wildman–Crippen LogP) is 4.80. The molecule has 0 aliphatic carbocycles. The van der Waals surface area contributed by atoms with Gasteiger partial charge in [-0.05, 0) is 30.7 Å². The van der Waals surface area contributed by atoms with Crippen LogP contribution in [0.15, 0.2) is 67.3 Å². The van der Waals surface area contributed by atoms with E-state index in [4.69, 9.17) is 11.6 Å². The number of carbonyl (C=O) groups is 1. The molecule has 3 rings (SSSR count). The molecular weight excluding hydrogens is 367 g/mol. The third-order valence-electron chi connectivity index (χ3n) is 4.13. The van der Waals surface area contributed by atoms with Crippen molar-refractivity contribution in [2.75, 3.05) is 11.9 Å². The number of halogens is 2. The summed E-state index contributed by atoms with van der Waals surface area (Å²) in [6, 6.07) is 13.4. The Bertz CT molecular complexity index is 851. The molecule has 3 aromatic rings. The van der Waals surface area contributed by atoms with E-state index in [9.17, 15) is 9.18 Å². The molecule has 27 heavy (non-hydrogen) atoms. The highest BCUT2D eigenvalue weighted by molar-refractivity contribution is 6.31. The maximum absolute atomic E-state index is 14.2. The van der Waals surface area contributed by atoms with Gasteiger partial charge in [0, 0.05) is 41.8 Å². The van der Waals surface area contributed by atoms with E-state index >= 15 is 0 Å². The number of benzene rings is 2. The molecule has 1 aromatic heterocycles. The largest absolute Gasteiger partial charge is 0.337 e. The molecule has 0 radical (unpaired) electrons. The topological polar surface area (TPSA) is 50.2 Å². The third kappa shape index (κ3) is 5.31. The van der Waals surface area contributed by atoms with E-state index in [0.29, 0.717) is 35.8 Å². The Balaban J connectivity index is 1.71. The molecule has 0 aliphatic rings. The fourth-order valence-corrected chi connectivity index (χ4v) is 2.94. The zero-order valence-electron chi connectivity index (χ0n) is 14.7. The second-order valence-corrected chi connectivity index (χ2v) is 6.48. The van der Waals surface area contributed by atoms with Gasteiger partial charge in [0.2, 0.25) is 0 Å². The van der Waals surface area contributed by atoms with Gasteiger partial charge >= 0.3 is 6.03 Å². The Hall–Kier alpha value is -2.86. The Morgan fingerprint density at radius 2 is 2.00 bits per heavy atom. The smallest absolute Gasteiger partial charge is 0.322 e. The van der Waals surface area contributed by atoms with Gasteiger partial charge in [0.1, 0.15) is 5.82 Å². The molecular formula is C20H20ClFN4O. The number of aromatic nitrogens is 2. The Morgan fingerprint density at radius 3 is 2.70 bits per heavy atom. The van der Waals surface area contributed by atoms with Gasteiger partial charge in [0.05, 0.1) is 12.9 Å². The van der Waals surface area contributed by atoms with Crippen LogP contribution < -0.4 is 5.32 Å². The lowest BCUT2D eigenvalue weighted by molar-refractivity contribution is 0.206. The average molecular weight is 387 g/mol. The number of nitrogens with one attached hydrogen (secondary N) is 1. The normalized spacial score (nSPS) is 10.6. The van der Waals surface area contributed by atoms with E-state index in [1.165, 1.54) is 6.07 Å². The van der Waals surface area contributed by atoms with Crippen LogP contribution in [0.2, 0.25) is 5.02 Å². The summed E-state index contributed by atoms with van der Waals surface area (Å²) >= 11 is 6.14. The molecule has 5 nitrogen and oxygen atoms in total. The number of carbonyl (C=O) groups excluding carboxylic acids is 1. The number of amides is 2. The predicted molar refractivity (Wildman–Crippen MR) is 104 cm³/mol. The van der Waals surface area contributed by atoms with Crippen molar-refractivity contribution in [2.24, 2.45) is 0 Å². The summed E-state index contributed by atoms with van der Waals surface area (Å²) in [7, 11) is 0. The van der Waals surface area contributed by atoms with Gasteiger partial charge in [-0.3, -0.25) is 0 Å². The average Bonchev–Trinajstić information content (AvgIpc) is 3.17. The second kappa shape index (κ2) is 9.19. The minimum Gasteiger partial charge on any atom is -0.337 e. The van der Waals surface area contributed by atoms with Crippen molar-refractivity contribution in [1.29, 1.82) is 0 Å². The minimum atomic E-state index is -0.422. The molecule has 2 amide bonds. The Morgan fingerprint density at radius 1 is 1.19 bits per heavy atom. The lowest BCUT2D eigenvalue weighted by Crippen LogP contribution is -2.36. The maximum atomic E-state index is 14.2. The molecule has 0 spiro atoms. The standard InChI is InChI=1S/C20H20ClFN4O/c21-18-8-4-9-19(22)17(18)14-26(12-5-11-25-13-10-23-15-25)20(27)24-16-6-2-1-3-7-16/h1-4,6-10,13,15H,5,11-12,14H2,(H,24,27). The highest BCUT2D eigenvalue weighted by atomic mass is 35.5. The SMILES string of the molecule is O=C(Nc1ccccc1)N(CCCn1ccnc1)Cc1c(F)cccc1Cl. The van der Waals surface area contributed by atoms with Crippen LogP contribution in [0.5, 0.6) is 0 Å². The summed E-state index contributed by atoms with van der Waals surface area (Å²) in [5.74, 6) is -0.422. The van der Waals surface area contributed by atoms with Crippen LogP contribution in [-0.2, 0) is 13.1 Å². The number of nitrogens with zero attached hydrogens (tertiary/aromatic N) is 3. The number of aryl methyl sites for hydroxylation is 1. The summed E-state index contributed by atoms with van der Waals surface area (Å²) in [5.41, 5.74) is 0.992. The molecule has 140 valence electrons. The van der Waals surface area contributed by atoms with Gasteiger partial charge in [-0.25, -0.2) is 14.2 Å². The van der Waals surface area contributed by atoms with Crippen molar-refractivity contribution in [3.05, 3.63) is 83.7 Å². The first-order valence-corrected chi connectivity index (χ1v) is 9.01. The third-order valence-corrected chi connectivity index (χ3v) is 4.48. The van der Waals surface area contributed by atoms with E-state index in [0.717, 1.165) is 0 Å². The van der Waals surface area contributed by atoms with Crippen molar-refractivity contribution < 1.29 is 9.18 Å². The van der Waals surface area contributed by atoms with Gasteiger partial charge in [0.15, 0.2) is 0 Å². The van der Waals surface area contributed by atoms with E-state index in [1.54, 1.807) is 41.7 Å². The minimum absolute atomic E-state index is 0.0914. The van der Waals surface area contributed by atoms with Gasteiger partial charge < -0.3 is 14.8 Å². The van der Waals surface area contributed by atoms with Crippen LogP contribution in [0, 0.1) is 5.82 Å². The van der Waals surface area contributed by atoms with Crippen molar-refractivity contribution in [1.82, 2.24) is 14.5 Å². The van der Waals surface area contributed by atoms with E-state index in [2.05, 4.69) is 10.3 Å². The van der Waals surface area contributed by atoms with Crippen molar-refractivity contribution >= 4 is 23.3 Å². The Labute approximate surface area is 162 Å². The number of para-hydroxylation sites is 1. The number of rotatable bonds is 7. The zero-order chi connectivity index (χ0) is 19.1.